The Balaban J connectivity index is 1.59. The summed E-state index contributed by atoms with van der Waals surface area (Å²) < 4.78 is 12.8. The van der Waals surface area contributed by atoms with Crippen LogP contribution in [0, 0.1) is 5.82 Å². The molecule has 0 saturated heterocycles. The Labute approximate surface area is 99.9 Å². The maximum atomic E-state index is 12.8. The van der Waals surface area contributed by atoms with E-state index in [2.05, 4.69) is 10.3 Å². The van der Waals surface area contributed by atoms with Crippen molar-refractivity contribution in [3.05, 3.63) is 35.6 Å². The van der Waals surface area contributed by atoms with Gasteiger partial charge in [0.25, 0.3) is 0 Å². The molecule has 0 heterocycles. The zero-order chi connectivity index (χ0) is 11.8. The minimum Gasteiger partial charge on any atom is -0.370 e. The van der Waals surface area contributed by atoms with Crippen molar-refractivity contribution in [2.45, 2.75) is 37.3 Å². The maximum absolute atomic E-state index is 12.8. The van der Waals surface area contributed by atoms with Gasteiger partial charge in [0.05, 0.1) is 6.04 Å². The molecule has 3 rings (SSSR count). The van der Waals surface area contributed by atoms with Crippen LogP contribution in [-0.4, -0.2) is 18.0 Å². The Morgan fingerprint density at radius 2 is 2.00 bits per heavy atom. The van der Waals surface area contributed by atoms with Crippen LogP contribution in [0.4, 0.5) is 4.39 Å². The van der Waals surface area contributed by atoms with Gasteiger partial charge in [0.15, 0.2) is 5.96 Å². The number of nitrogens with two attached hydrogens (primary N) is 1. The van der Waals surface area contributed by atoms with E-state index in [9.17, 15) is 4.39 Å². The fourth-order valence-electron chi connectivity index (χ4n) is 2.05. The molecule has 4 heteroatoms. The van der Waals surface area contributed by atoms with E-state index in [0.717, 1.165) is 12.0 Å². The molecular formula is C13H16FN3. The van der Waals surface area contributed by atoms with Crippen LogP contribution in [0.25, 0.3) is 0 Å². The van der Waals surface area contributed by atoms with Crippen LogP contribution in [0.3, 0.4) is 0 Å². The van der Waals surface area contributed by atoms with Gasteiger partial charge in [-0.05, 0) is 37.0 Å². The third-order valence-corrected chi connectivity index (χ3v) is 3.29. The lowest BCUT2D eigenvalue weighted by molar-refractivity contribution is 0.627. The van der Waals surface area contributed by atoms with Crippen LogP contribution < -0.4 is 11.1 Å². The summed E-state index contributed by atoms with van der Waals surface area (Å²) in [7, 11) is 0. The quantitative estimate of drug-likeness (QED) is 0.617. The lowest BCUT2D eigenvalue weighted by Crippen LogP contribution is -2.33. The number of nitrogens with one attached hydrogen (secondary N) is 1. The summed E-state index contributed by atoms with van der Waals surface area (Å²) in [6, 6.07) is 7.48. The lowest BCUT2D eigenvalue weighted by atomic mass is 10.1. The molecular weight excluding hydrogens is 217 g/mol. The van der Waals surface area contributed by atoms with Crippen molar-refractivity contribution in [1.82, 2.24) is 5.32 Å². The van der Waals surface area contributed by atoms with Gasteiger partial charge < -0.3 is 11.1 Å². The van der Waals surface area contributed by atoms with Crippen molar-refractivity contribution in [2.75, 3.05) is 0 Å². The van der Waals surface area contributed by atoms with Gasteiger partial charge in [-0.15, -0.1) is 0 Å². The molecule has 0 aromatic heterocycles. The predicted octanol–water partition coefficient (Wildman–Crippen LogP) is 1.75. The molecule has 2 atom stereocenters. The van der Waals surface area contributed by atoms with E-state index >= 15 is 0 Å². The summed E-state index contributed by atoms with van der Waals surface area (Å²) in [6.45, 7) is 0. The summed E-state index contributed by atoms with van der Waals surface area (Å²) in [5.74, 6) is 0.779. The number of benzene rings is 1. The second kappa shape index (κ2) is 4.02. The molecule has 3 nitrogen and oxygen atoms in total. The molecule has 0 aliphatic heterocycles. The Bertz CT molecular complexity index is 436. The molecule has 0 spiro atoms. The predicted molar refractivity (Wildman–Crippen MR) is 65.3 cm³/mol. The zero-order valence-electron chi connectivity index (χ0n) is 9.57. The van der Waals surface area contributed by atoms with Crippen LogP contribution in [0.2, 0.25) is 0 Å². The minimum atomic E-state index is -0.190. The lowest BCUT2D eigenvalue weighted by Gasteiger charge is -2.02. The highest BCUT2D eigenvalue weighted by Gasteiger charge is 2.38. The fourth-order valence-corrected chi connectivity index (χ4v) is 2.05. The molecule has 2 fully saturated rings. The average Bonchev–Trinajstić information content (AvgIpc) is 3.17. The van der Waals surface area contributed by atoms with Gasteiger partial charge in [0, 0.05) is 12.0 Å². The molecule has 1 aromatic carbocycles. The molecule has 3 N–H and O–H groups in total. The first kappa shape index (κ1) is 10.6. The van der Waals surface area contributed by atoms with Crippen molar-refractivity contribution in [3.63, 3.8) is 0 Å². The van der Waals surface area contributed by atoms with E-state index in [1.807, 2.05) is 12.1 Å². The first-order valence-electron chi connectivity index (χ1n) is 6.07. The van der Waals surface area contributed by atoms with Gasteiger partial charge in [0.2, 0.25) is 0 Å². The van der Waals surface area contributed by atoms with Crippen LogP contribution in [-0.2, 0) is 0 Å². The summed E-state index contributed by atoms with van der Waals surface area (Å²) >= 11 is 0. The van der Waals surface area contributed by atoms with E-state index in [4.69, 9.17) is 5.73 Å². The summed E-state index contributed by atoms with van der Waals surface area (Å²) in [6.07, 6.45) is 3.41. The molecule has 0 radical (unpaired) electrons. The SMILES string of the molecule is NC(=N[C@@H]1C[C@H]1c1ccc(F)cc1)NC1CC1. The molecule has 2 aliphatic rings. The van der Waals surface area contributed by atoms with Crippen LogP contribution in [0.15, 0.2) is 29.3 Å². The molecule has 0 amide bonds. The summed E-state index contributed by atoms with van der Waals surface area (Å²) in [5.41, 5.74) is 6.95. The third kappa shape index (κ3) is 2.57. The smallest absolute Gasteiger partial charge is 0.189 e. The van der Waals surface area contributed by atoms with E-state index in [-0.39, 0.29) is 11.9 Å². The largest absolute Gasteiger partial charge is 0.370 e. The van der Waals surface area contributed by atoms with Gasteiger partial charge in [-0.2, -0.15) is 0 Å². The van der Waals surface area contributed by atoms with Crippen molar-refractivity contribution in [3.8, 4) is 0 Å². The van der Waals surface area contributed by atoms with E-state index in [0.29, 0.717) is 17.9 Å². The Hall–Kier alpha value is -1.58. The molecule has 2 aliphatic carbocycles. The average molecular weight is 233 g/mol. The molecule has 1 aromatic rings. The van der Waals surface area contributed by atoms with E-state index in [1.165, 1.54) is 25.0 Å². The number of halogens is 1. The molecule has 90 valence electrons. The second-order valence-corrected chi connectivity index (χ2v) is 4.89. The van der Waals surface area contributed by atoms with Crippen molar-refractivity contribution in [2.24, 2.45) is 10.7 Å². The van der Waals surface area contributed by atoms with Crippen molar-refractivity contribution < 1.29 is 4.39 Å². The maximum Gasteiger partial charge on any atom is 0.189 e. The molecule has 0 bridgehead atoms. The topological polar surface area (TPSA) is 50.4 Å². The van der Waals surface area contributed by atoms with Crippen molar-refractivity contribution >= 4 is 5.96 Å². The number of aliphatic imine (C=N–C) groups is 1. The van der Waals surface area contributed by atoms with Crippen LogP contribution in [0.5, 0.6) is 0 Å². The van der Waals surface area contributed by atoms with E-state index in [1.54, 1.807) is 0 Å². The second-order valence-electron chi connectivity index (χ2n) is 4.89. The number of nitrogens with zero attached hydrogens (tertiary/aromatic N) is 1. The monoisotopic (exact) mass is 233 g/mol. The van der Waals surface area contributed by atoms with Crippen LogP contribution >= 0.6 is 0 Å². The highest BCUT2D eigenvalue weighted by molar-refractivity contribution is 5.79. The first-order chi connectivity index (χ1) is 8.22. The highest BCUT2D eigenvalue weighted by Crippen LogP contribution is 2.43. The molecule has 2 saturated carbocycles. The fraction of sp³-hybridized carbons (Fsp3) is 0.462. The summed E-state index contributed by atoms with van der Waals surface area (Å²) in [4.78, 5) is 4.44. The van der Waals surface area contributed by atoms with Crippen molar-refractivity contribution in [1.29, 1.82) is 0 Å². The summed E-state index contributed by atoms with van der Waals surface area (Å²) in [5, 5.41) is 3.17. The minimum absolute atomic E-state index is 0.190. The zero-order valence-corrected chi connectivity index (χ0v) is 9.57. The highest BCUT2D eigenvalue weighted by atomic mass is 19.1. The van der Waals surface area contributed by atoms with Gasteiger partial charge in [-0.1, -0.05) is 12.1 Å². The third-order valence-electron chi connectivity index (χ3n) is 3.29. The molecule has 17 heavy (non-hydrogen) atoms. The Morgan fingerprint density at radius 1 is 1.29 bits per heavy atom. The first-order valence-corrected chi connectivity index (χ1v) is 6.07. The van der Waals surface area contributed by atoms with Gasteiger partial charge in [-0.3, -0.25) is 0 Å². The standard InChI is InChI=1S/C13H16FN3/c14-9-3-1-8(2-4-9)11-7-12(11)17-13(15)16-10-5-6-10/h1-4,10-12H,5-7H2,(H3,15,16,17)/t11-,12+/m0/s1. The Kier molecular flexibility index (Phi) is 2.50. The van der Waals surface area contributed by atoms with E-state index < -0.39 is 0 Å². The number of guanidine groups is 1. The van der Waals surface area contributed by atoms with Gasteiger partial charge in [0.1, 0.15) is 5.82 Å². The Morgan fingerprint density at radius 3 is 2.65 bits per heavy atom. The van der Waals surface area contributed by atoms with Crippen LogP contribution in [0.1, 0.15) is 30.7 Å². The van der Waals surface area contributed by atoms with Gasteiger partial charge >= 0.3 is 0 Å². The number of rotatable bonds is 3. The number of hydrogen-bond acceptors (Lipinski definition) is 1. The number of hydrogen-bond donors (Lipinski definition) is 2. The molecule has 0 unspecified atom stereocenters. The normalized spacial score (nSPS) is 27.9. The van der Waals surface area contributed by atoms with Gasteiger partial charge in [-0.25, -0.2) is 9.38 Å².